The van der Waals surface area contributed by atoms with Crippen LogP contribution >= 0.6 is 0 Å². The van der Waals surface area contributed by atoms with Crippen LogP contribution in [0.4, 0.5) is 0 Å². The van der Waals surface area contributed by atoms with Crippen molar-refractivity contribution < 1.29 is 4.92 Å². The van der Waals surface area contributed by atoms with E-state index in [9.17, 15) is 10.1 Å². The van der Waals surface area contributed by atoms with E-state index in [0.717, 1.165) is 17.5 Å². The zero-order chi connectivity index (χ0) is 15.4. The molecule has 6 nitrogen and oxygen atoms in total. The van der Waals surface area contributed by atoms with Crippen molar-refractivity contribution in [3.63, 3.8) is 0 Å². The minimum atomic E-state index is -0.303. The largest absolute Gasteiger partial charge is 0.264 e. The first-order valence-corrected chi connectivity index (χ1v) is 7.19. The lowest BCUT2D eigenvalue weighted by Crippen LogP contribution is -2.21. The summed E-state index contributed by atoms with van der Waals surface area (Å²) in [4.78, 5) is 10.7. The molecule has 0 aliphatic heterocycles. The SMILES string of the molecule is O=[N+]([O-])C[C@@H](CCc1ccccc1)n1nnc2ccccc21. The Balaban J connectivity index is 1.84. The molecule has 3 aromatic rings. The number of rotatable bonds is 6. The van der Waals surface area contributed by atoms with Crippen LogP contribution in [0.15, 0.2) is 54.6 Å². The van der Waals surface area contributed by atoms with Crippen LogP contribution in [0, 0.1) is 10.1 Å². The van der Waals surface area contributed by atoms with E-state index in [1.807, 2.05) is 54.6 Å². The summed E-state index contributed by atoms with van der Waals surface area (Å²) in [6.45, 7) is -0.153. The van der Waals surface area contributed by atoms with Gasteiger partial charge in [0.25, 0.3) is 0 Å². The summed E-state index contributed by atoms with van der Waals surface area (Å²) in [5.74, 6) is 0. The van der Waals surface area contributed by atoms with Gasteiger partial charge in [-0.3, -0.25) is 10.1 Å². The molecule has 0 saturated carbocycles. The molecule has 3 rings (SSSR count). The van der Waals surface area contributed by atoms with Crippen LogP contribution < -0.4 is 0 Å². The maximum Gasteiger partial charge on any atom is 0.226 e. The smallest absolute Gasteiger partial charge is 0.226 e. The Morgan fingerprint density at radius 2 is 1.82 bits per heavy atom. The second kappa shape index (κ2) is 6.34. The van der Waals surface area contributed by atoms with Gasteiger partial charge in [0.2, 0.25) is 6.54 Å². The molecule has 0 N–H and O–H groups in total. The molecule has 0 saturated heterocycles. The van der Waals surface area contributed by atoms with Gasteiger partial charge in [-0.05, 0) is 30.5 Å². The minimum absolute atomic E-state index is 0.153. The van der Waals surface area contributed by atoms with Gasteiger partial charge in [0.1, 0.15) is 11.6 Å². The van der Waals surface area contributed by atoms with Crippen LogP contribution in [0.2, 0.25) is 0 Å². The van der Waals surface area contributed by atoms with Gasteiger partial charge in [0.15, 0.2) is 0 Å². The molecule has 0 aliphatic carbocycles. The Labute approximate surface area is 127 Å². The summed E-state index contributed by atoms with van der Waals surface area (Å²) in [6.07, 6.45) is 1.42. The molecule has 1 aromatic heterocycles. The highest BCUT2D eigenvalue weighted by molar-refractivity contribution is 5.73. The fourth-order valence-corrected chi connectivity index (χ4v) is 2.60. The topological polar surface area (TPSA) is 73.8 Å². The molecule has 2 aromatic carbocycles. The predicted molar refractivity (Wildman–Crippen MR) is 83.2 cm³/mol. The fourth-order valence-electron chi connectivity index (χ4n) is 2.60. The molecule has 1 atom stereocenters. The first-order valence-electron chi connectivity index (χ1n) is 7.19. The zero-order valence-electron chi connectivity index (χ0n) is 12.0. The third-order valence-corrected chi connectivity index (χ3v) is 3.69. The summed E-state index contributed by atoms with van der Waals surface area (Å²) in [6, 6.07) is 17.2. The highest BCUT2D eigenvalue weighted by Crippen LogP contribution is 2.20. The normalized spacial score (nSPS) is 12.4. The molecule has 0 fully saturated rings. The second-order valence-electron chi connectivity index (χ2n) is 5.22. The third-order valence-electron chi connectivity index (χ3n) is 3.69. The Morgan fingerprint density at radius 3 is 2.59 bits per heavy atom. The predicted octanol–water partition coefficient (Wildman–Crippen LogP) is 2.88. The number of fused-ring (bicyclic) bond motifs is 1. The lowest BCUT2D eigenvalue weighted by molar-refractivity contribution is -0.486. The molecular formula is C16H16N4O2. The summed E-state index contributed by atoms with van der Waals surface area (Å²) >= 11 is 0. The standard InChI is InChI=1S/C16H16N4O2/c21-19(22)12-14(11-10-13-6-2-1-3-7-13)20-16-9-5-4-8-15(16)17-18-20/h1-9,14H,10-12H2/t14-/m1/s1. The van der Waals surface area contributed by atoms with Crippen LogP contribution in [-0.2, 0) is 6.42 Å². The van der Waals surface area contributed by atoms with Crippen LogP contribution in [0.5, 0.6) is 0 Å². The molecule has 0 aliphatic rings. The van der Waals surface area contributed by atoms with Crippen LogP contribution in [0.3, 0.4) is 0 Å². The number of aryl methyl sites for hydroxylation is 1. The number of hydrogen-bond acceptors (Lipinski definition) is 4. The molecule has 0 amide bonds. The van der Waals surface area contributed by atoms with Gasteiger partial charge in [0, 0.05) is 4.92 Å². The Morgan fingerprint density at radius 1 is 1.09 bits per heavy atom. The van der Waals surface area contributed by atoms with Crippen LogP contribution in [0.25, 0.3) is 11.0 Å². The van der Waals surface area contributed by atoms with Crippen molar-refractivity contribution in [2.75, 3.05) is 6.54 Å². The molecule has 0 radical (unpaired) electrons. The number of benzene rings is 2. The van der Waals surface area contributed by atoms with Crippen molar-refractivity contribution in [3.8, 4) is 0 Å². The molecule has 22 heavy (non-hydrogen) atoms. The Hall–Kier alpha value is -2.76. The average molecular weight is 296 g/mol. The van der Waals surface area contributed by atoms with E-state index in [0.29, 0.717) is 6.42 Å². The van der Waals surface area contributed by atoms with Crippen LogP contribution in [-0.4, -0.2) is 26.5 Å². The fraction of sp³-hybridized carbons (Fsp3) is 0.250. The quantitative estimate of drug-likeness (QED) is 0.518. The number of nitrogens with zero attached hydrogens (tertiary/aromatic N) is 4. The van der Waals surface area contributed by atoms with Crippen LogP contribution in [0.1, 0.15) is 18.0 Å². The van der Waals surface area contributed by atoms with E-state index in [1.165, 1.54) is 5.56 Å². The summed E-state index contributed by atoms with van der Waals surface area (Å²) in [5.41, 5.74) is 2.76. The summed E-state index contributed by atoms with van der Waals surface area (Å²) in [5, 5.41) is 19.2. The van der Waals surface area contributed by atoms with Crippen molar-refractivity contribution in [3.05, 3.63) is 70.3 Å². The van der Waals surface area contributed by atoms with Gasteiger partial charge < -0.3 is 0 Å². The maximum absolute atomic E-state index is 11.0. The molecule has 0 bridgehead atoms. The van der Waals surface area contributed by atoms with E-state index in [2.05, 4.69) is 10.3 Å². The van der Waals surface area contributed by atoms with E-state index >= 15 is 0 Å². The van der Waals surface area contributed by atoms with Gasteiger partial charge in [-0.15, -0.1) is 5.10 Å². The van der Waals surface area contributed by atoms with Crippen molar-refractivity contribution in [1.29, 1.82) is 0 Å². The van der Waals surface area contributed by atoms with Crippen molar-refractivity contribution in [1.82, 2.24) is 15.0 Å². The molecular weight excluding hydrogens is 280 g/mol. The Bertz CT molecular complexity index is 770. The van der Waals surface area contributed by atoms with Gasteiger partial charge >= 0.3 is 0 Å². The lowest BCUT2D eigenvalue weighted by Gasteiger charge is -2.13. The minimum Gasteiger partial charge on any atom is -0.264 e. The van der Waals surface area contributed by atoms with E-state index in [1.54, 1.807) is 4.68 Å². The van der Waals surface area contributed by atoms with Gasteiger partial charge in [0.05, 0.1) is 5.52 Å². The highest BCUT2D eigenvalue weighted by atomic mass is 16.6. The molecule has 112 valence electrons. The molecule has 0 unspecified atom stereocenters. The van der Waals surface area contributed by atoms with Gasteiger partial charge in [-0.1, -0.05) is 47.7 Å². The molecule has 6 heteroatoms. The van der Waals surface area contributed by atoms with E-state index in [-0.39, 0.29) is 17.5 Å². The summed E-state index contributed by atoms with van der Waals surface area (Å²) in [7, 11) is 0. The summed E-state index contributed by atoms with van der Waals surface area (Å²) < 4.78 is 1.68. The number of hydrogen-bond donors (Lipinski definition) is 0. The third kappa shape index (κ3) is 3.11. The second-order valence-corrected chi connectivity index (χ2v) is 5.22. The van der Waals surface area contributed by atoms with Crippen molar-refractivity contribution in [2.45, 2.75) is 18.9 Å². The maximum atomic E-state index is 11.0. The number of nitro groups is 1. The Kier molecular flexibility index (Phi) is 4.09. The van der Waals surface area contributed by atoms with Gasteiger partial charge in [-0.25, -0.2) is 4.68 Å². The zero-order valence-corrected chi connectivity index (χ0v) is 12.0. The highest BCUT2D eigenvalue weighted by Gasteiger charge is 2.21. The van der Waals surface area contributed by atoms with Gasteiger partial charge in [-0.2, -0.15) is 0 Å². The molecule has 0 spiro atoms. The van der Waals surface area contributed by atoms with E-state index in [4.69, 9.17) is 0 Å². The molecule has 1 heterocycles. The number of aromatic nitrogens is 3. The average Bonchev–Trinajstić information content (AvgIpc) is 2.96. The first kappa shape index (κ1) is 14.2. The van der Waals surface area contributed by atoms with Crippen molar-refractivity contribution in [2.24, 2.45) is 0 Å². The first-order chi connectivity index (χ1) is 10.7. The number of para-hydroxylation sites is 1. The lowest BCUT2D eigenvalue weighted by atomic mass is 10.1. The van der Waals surface area contributed by atoms with Crippen molar-refractivity contribution >= 4 is 11.0 Å². The van der Waals surface area contributed by atoms with E-state index < -0.39 is 0 Å². The monoisotopic (exact) mass is 296 g/mol.